The molecular formula is C23H24N4O2S. The van der Waals surface area contributed by atoms with Gasteiger partial charge in [0.25, 0.3) is 0 Å². The van der Waals surface area contributed by atoms with Crippen LogP contribution in [0.4, 0.5) is 17.1 Å². The van der Waals surface area contributed by atoms with E-state index in [2.05, 4.69) is 6.07 Å². The van der Waals surface area contributed by atoms with Crippen LogP contribution < -0.4 is 14.8 Å². The molecule has 2 aromatic carbocycles. The fraction of sp³-hybridized carbons (Fsp3) is 0.217. The van der Waals surface area contributed by atoms with Crippen molar-refractivity contribution in [1.29, 1.82) is 0 Å². The van der Waals surface area contributed by atoms with E-state index in [0.29, 0.717) is 6.61 Å². The second-order valence-electron chi connectivity index (χ2n) is 6.99. The van der Waals surface area contributed by atoms with Gasteiger partial charge in [0, 0.05) is 30.3 Å². The molecular weight excluding hydrogens is 396 g/mol. The fourth-order valence-electron chi connectivity index (χ4n) is 3.41. The highest BCUT2D eigenvalue weighted by atomic mass is 32.1. The maximum Gasteiger partial charge on any atom is 0.376 e. The molecule has 1 unspecified atom stereocenters. The van der Waals surface area contributed by atoms with E-state index in [0.717, 1.165) is 21.9 Å². The molecule has 0 radical (unpaired) electrons. The molecule has 30 heavy (non-hydrogen) atoms. The summed E-state index contributed by atoms with van der Waals surface area (Å²) in [5.74, 6) is -0.161. The van der Waals surface area contributed by atoms with Crippen LogP contribution >= 0.6 is 11.3 Å². The highest BCUT2D eigenvalue weighted by molar-refractivity contribution is 7.10. The minimum atomic E-state index is -0.436. The minimum absolute atomic E-state index is 0.275. The van der Waals surface area contributed by atoms with Gasteiger partial charge in [0.15, 0.2) is 6.17 Å². The lowest BCUT2D eigenvalue weighted by molar-refractivity contribution is -0.135. The summed E-state index contributed by atoms with van der Waals surface area (Å²) in [5.41, 5.74) is 2.87. The number of esters is 1. The Hall–Kier alpha value is -3.32. The molecule has 1 aliphatic heterocycles. The summed E-state index contributed by atoms with van der Waals surface area (Å²) in [7, 11) is 4.00. The molecule has 4 rings (SSSR count). The van der Waals surface area contributed by atoms with Crippen LogP contribution in [0.5, 0.6) is 0 Å². The Labute approximate surface area is 180 Å². The summed E-state index contributed by atoms with van der Waals surface area (Å²) in [6.45, 7) is 2.09. The van der Waals surface area contributed by atoms with Crippen LogP contribution in [0.1, 0.15) is 18.0 Å². The van der Waals surface area contributed by atoms with Crippen LogP contribution in [0.3, 0.4) is 0 Å². The van der Waals surface area contributed by atoms with Gasteiger partial charge in [0.05, 0.1) is 12.3 Å². The molecule has 3 aromatic rings. The van der Waals surface area contributed by atoms with Gasteiger partial charge in [-0.1, -0.05) is 24.3 Å². The van der Waals surface area contributed by atoms with E-state index in [-0.39, 0.29) is 12.0 Å². The van der Waals surface area contributed by atoms with Crippen molar-refractivity contribution in [2.24, 2.45) is 5.10 Å². The average Bonchev–Trinajstić information content (AvgIpc) is 3.42. The third-order valence-corrected chi connectivity index (χ3v) is 5.74. The van der Waals surface area contributed by atoms with Gasteiger partial charge < -0.3 is 9.64 Å². The number of hydrogen-bond donors (Lipinski definition) is 0. The molecule has 1 atom stereocenters. The highest BCUT2D eigenvalue weighted by Crippen LogP contribution is 2.40. The van der Waals surface area contributed by atoms with Gasteiger partial charge in [-0.05, 0) is 54.8 Å². The van der Waals surface area contributed by atoms with Crippen molar-refractivity contribution < 1.29 is 9.53 Å². The average molecular weight is 421 g/mol. The molecule has 0 amide bonds. The zero-order chi connectivity index (χ0) is 21.1. The Morgan fingerprint density at radius 1 is 1.03 bits per heavy atom. The molecule has 1 aliphatic rings. The lowest BCUT2D eigenvalue weighted by Gasteiger charge is -2.31. The number of rotatable bonds is 6. The van der Waals surface area contributed by atoms with Gasteiger partial charge in [0.2, 0.25) is 5.84 Å². The van der Waals surface area contributed by atoms with E-state index >= 15 is 0 Å². The summed E-state index contributed by atoms with van der Waals surface area (Å²) < 4.78 is 5.35. The second kappa shape index (κ2) is 8.59. The van der Waals surface area contributed by atoms with Crippen molar-refractivity contribution >= 4 is 40.2 Å². The monoisotopic (exact) mass is 420 g/mol. The Morgan fingerprint density at radius 2 is 1.77 bits per heavy atom. The SMILES string of the molecule is CCOC(=O)C1=NN(c2ccccc2)C(c2cccs2)N1c1ccc(N(C)C)cc1. The number of thiophene rings is 1. The van der Waals surface area contributed by atoms with Crippen molar-refractivity contribution in [1.82, 2.24) is 0 Å². The molecule has 0 saturated heterocycles. The van der Waals surface area contributed by atoms with Crippen LogP contribution in [0.15, 0.2) is 77.2 Å². The van der Waals surface area contributed by atoms with E-state index in [9.17, 15) is 4.79 Å². The number of amidine groups is 1. The van der Waals surface area contributed by atoms with Gasteiger partial charge in [-0.15, -0.1) is 16.4 Å². The number of hydrogen-bond acceptors (Lipinski definition) is 7. The number of hydrazone groups is 1. The summed E-state index contributed by atoms with van der Waals surface area (Å²) >= 11 is 1.64. The zero-order valence-corrected chi connectivity index (χ0v) is 18.0. The maximum atomic E-state index is 12.9. The van der Waals surface area contributed by atoms with E-state index in [1.165, 1.54) is 0 Å². The van der Waals surface area contributed by atoms with E-state index in [1.807, 2.05) is 94.9 Å². The Morgan fingerprint density at radius 3 is 2.37 bits per heavy atom. The third-order valence-electron chi connectivity index (χ3n) is 4.83. The highest BCUT2D eigenvalue weighted by Gasteiger charge is 2.41. The summed E-state index contributed by atoms with van der Waals surface area (Å²) in [4.78, 5) is 17.9. The molecule has 0 N–H and O–H groups in total. The molecule has 0 fully saturated rings. The fourth-order valence-corrected chi connectivity index (χ4v) is 4.20. The maximum absolute atomic E-state index is 12.9. The lowest BCUT2D eigenvalue weighted by atomic mass is 10.2. The van der Waals surface area contributed by atoms with Crippen molar-refractivity contribution in [2.45, 2.75) is 13.1 Å². The molecule has 2 heterocycles. The number of anilines is 3. The zero-order valence-electron chi connectivity index (χ0n) is 17.2. The number of benzene rings is 2. The number of ether oxygens (including phenoxy) is 1. The van der Waals surface area contributed by atoms with Gasteiger partial charge in [-0.25, -0.2) is 9.80 Å². The van der Waals surface area contributed by atoms with Gasteiger partial charge in [-0.2, -0.15) is 0 Å². The van der Waals surface area contributed by atoms with Crippen molar-refractivity contribution in [2.75, 3.05) is 35.5 Å². The van der Waals surface area contributed by atoms with Crippen LogP contribution in [0, 0.1) is 0 Å². The van der Waals surface area contributed by atoms with Crippen molar-refractivity contribution in [3.63, 3.8) is 0 Å². The number of carbonyl (C=O) groups is 1. The summed E-state index contributed by atoms with van der Waals surface area (Å²) in [6.07, 6.45) is -0.281. The molecule has 154 valence electrons. The topological polar surface area (TPSA) is 48.4 Å². The number of para-hydroxylation sites is 1. The van der Waals surface area contributed by atoms with E-state index in [4.69, 9.17) is 9.84 Å². The van der Waals surface area contributed by atoms with Gasteiger partial charge >= 0.3 is 5.97 Å². The second-order valence-corrected chi connectivity index (χ2v) is 7.97. The van der Waals surface area contributed by atoms with Crippen LogP contribution in [0.25, 0.3) is 0 Å². The predicted octanol–water partition coefficient (Wildman–Crippen LogP) is 4.72. The molecule has 0 aliphatic carbocycles. The number of carbonyl (C=O) groups excluding carboxylic acids is 1. The third kappa shape index (κ3) is 3.76. The van der Waals surface area contributed by atoms with Gasteiger partial charge in [-0.3, -0.25) is 4.90 Å². The minimum Gasteiger partial charge on any atom is -0.460 e. The molecule has 0 saturated carbocycles. The lowest BCUT2D eigenvalue weighted by Crippen LogP contribution is -2.38. The molecule has 1 aromatic heterocycles. The largest absolute Gasteiger partial charge is 0.460 e. The molecule has 7 heteroatoms. The first-order valence-electron chi connectivity index (χ1n) is 9.80. The quantitative estimate of drug-likeness (QED) is 0.540. The predicted molar refractivity (Wildman–Crippen MR) is 123 cm³/mol. The number of nitrogens with zero attached hydrogens (tertiary/aromatic N) is 4. The van der Waals surface area contributed by atoms with E-state index < -0.39 is 5.97 Å². The first-order valence-corrected chi connectivity index (χ1v) is 10.7. The Balaban J connectivity index is 1.84. The van der Waals surface area contributed by atoms with Crippen LogP contribution in [0.2, 0.25) is 0 Å². The standard InChI is InChI=1S/C23H24N4O2S/c1-4-29-23(28)21-24-27(19-9-6-5-7-10-19)22(20-11-8-16-30-20)26(21)18-14-12-17(13-15-18)25(2)3/h5-16,22H,4H2,1-3H3. The summed E-state index contributed by atoms with van der Waals surface area (Å²) in [5, 5.41) is 8.65. The van der Waals surface area contributed by atoms with E-state index in [1.54, 1.807) is 18.3 Å². The van der Waals surface area contributed by atoms with Crippen LogP contribution in [-0.2, 0) is 9.53 Å². The normalized spacial score (nSPS) is 15.8. The molecule has 6 nitrogen and oxygen atoms in total. The first-order chi connectivity index (χ1) is 14.6. The first kappa shape index (κ1) is 20.0. The van der Waals surface area contributed by atoms with Crippen molar-refractivity contribution in [3.8, 4) is 0 Å². The van der Waals surface area contributed by atoms with Gasteiger partial charge in [0.1, 0.15) is 0 Å². The Bertz CT molecular complexity index is 1020. The Kier molecular flexibility index (Phi) is 5.72. The smallest absolute Gasteiger partial charge is 0.376 e. The molecule has 0 spiro atoms. The summed E-state index contributed by atoms with van der Waals surface area (Å²) in [6, 6.07) is 22.1. The van der Waals surface area contributed by atoms with Crippen molar-refractivity contribution in [3.05, 3.63) is 77.0 Å². The molecule has 0 bridgehead atoms. The van der Waals surface area contributed by atoms with Crippen LogP contribution in [-0.4, -0.2) is 32.5 Å².